The molecule has 5 nitrogen and oxygen atoms in total. The first kappa shape index (κ1) is 23.0. The van der Waals surface area contributed by atoms with E-state index in [1.807, 2.05) is 0 Å². The van der Waals surface area contributed by atoms with E-state index in [1.165, 1.54) is 17.8 Å². The lowest BCUT2D eigenvalue weighted by molar-refractivity contribution is -0.119. The second kappa shape index (κ2) is 10.5. The fraction of sp³-hybridized carbons (Fsp3) is 0.278. The summed E-state index contributed by atoms with van der Waals surface area (Å²) in [7, 11) is -3.64. The summed E-state index contributed by atoms with van der Waals surface area (Å²) >= 11 is 10.7. The van der Waals surface area contributed by atoms with Crippen molar-refractivity contribution in [3.05, 3.63) is 63.3 Å². The van der Waals surface area contributed by atoms with Gasteiger partial charge < -0.3 is 5.32 Å². The first-order chi connectivity index (χ1) is 13.2. The summed E-state index contributed by atoms with van der Waals surface area (Å²) in [5.74, 6) is 0.130. The van der Waals surface area contributed by atoms with Gasteiger partial charge in [0.2, 0.25) is 15.9 Å². The van der Waals surface area contributed by atoms with Gasteiger partial charge in [-0.3, -0.25) is 9.10 Å². The lowest BCUT2D eigenvalue weighted by atomic mass is 10.2. The summed E-state index contributed by atoms with van der Waals surface area (Å²) in [5, 5.41) is 3.05. The molecule has 2 rings (SSSR count). The SMILES string of the molecule is CS(=O)(=O)N(CC(=O)NCCSCc1c(F)cccc1Cl)c1ccccc1Br. The monoisotopic (exact) mass is 508 g/mol. The van der Waals surface area contributed by atoms with Gasteiger partial charge in [-0.2, -0.15) is 11.8 Å². The van der Waals surface area contributed by atoms with Gasteiger partial charge in [-0.05, 0) is 40.2 Å². The van der Waals surface area contributed by atoms with Crippen molar-refractivity contribution >= 4 is 60.9 Å². The van der Waals surface area contributed by atoms with E-state index >= 15 is 0 Å². The molecule has 10 heteroatoms. The fourth-order valence-corrected chi connectivity index (χ4v) is 5.01. The van der Waals surface area contributed by atoms with Crippen molar-refractivity contribution in [2.75, 3.05) is 29.4 Å². The number of thioether (sulfide) groups is 1. The number of sulfonamides is 1. The van der Waals surface area contributed by atoms with Gasteiger partial charge in [0.05, 0.1) is 11.9 Å². The Hall–Kier alpha value is -1.29. The first-order valence-electron chi connectivity index (χ1n) is 8.19. The molecule has 0 atom stereocenters. The molecular formula is C18H19BrClFN2O3S2. The normalized spacial score (nSPS) is 11.3. The Balaban J connectivity index is 1.86. The van der Waals surface area contributed by atoms with Crippen molar-refractivity contribution in [2.24, 2.45) is 0 Å². The molecule has 0 unspecified atom stereocenters. The van der Waals surface area contributed by atoms with Crippen LogP contribution in [0.5, 0.6) is 0 Å². The van der Waals surface area contributed by atoms with Crippen molar-refractivity contribution < 1.29 is 17.6 Å². The van der Waals surface area contributed by atoms with Crippen LogP contribution in [0, 0.1) is 5.82 Å². The zero-order valence-corrected chi connectivity index (χ0v) is 19.0. The molecule has 0 bridgehead atoms. The van der Waals surface area contributed by atoms with Crippen LogP contribution in [-0.2, 0) is 20.6 Å². The average molecular weight is 510 g/mol. The van der Waals surface area contributed by atoms with Gasteiger partial charge in [-0.1, -0.05) is 29.8 Å². The number of nitrogens with zero attached hydrogens (tertiary/aromatic N) is 1. The van der Waals surface area contributed by atoms with E-state index in [9.17, 15) is 17.6 Å². The number of hydrogen-bond acceptors (Lipinski definition) is 4. The van der Waals surface area contributed by atoms with E-state index < -0.39 is 15.9 Å². The molecular weight excluding hydrogens is 491 g/mol. The van der Waals surface area contributed by atoms with Crippen LogP contribution in [0.15, 0.2) is 46.9 Å². The van der Waals surface area contributed by atoms with Crippen LogP contribution in [0.4, 0.5) is 10.1 Å². The predicted octanol–water partition coefficient (Wildman–Crippen LogP) is 4.06. The molecule has 1 N–H and O–H groups in total. The summed E-state index contributed by atoms with van der Waals surface area (Å²) in [5.41, 5.74) is 0.821. The van der Waals surface area contributed by atoms with Gasteiger partial charge in [-0.25, -0.2) is 12.8 Å². The number of carbonyl (C=O) groups excluding carboxylic acids is 1. The number of rotatable bonds is 9. The van der Waals surface area contributed by atoms with Crippen LogP contribution in [0.25, 0.3) is 0 Å². The predicted molar refractivity (Wildman–Crippen MR) is 117 cm³/mol. The molecule has 0 saturated carbocycles. The van der Waals surface area contributed by atoms with Crippen molar-refractivity contribution in [3.8, 4) is 0 Å². The van der Waals surface area contributed by atoms with Gasteiger partial charge in [0.1, 0.15) is 12.4 Å². The van der Waals surface area contributed by atoms with E-state index in [0.29, 0.717) is 38.8 Å². The zero-order chi connectivity index (χ0) is 20.7. The standard InChI is InChI=1S/C18H19BrClFN2O3S2/c1-28(25,26)23(17-8-3-2-5-14(17)19)11-18(24)22-9-10-27-12-13-15(20)6-4-7-16(13)21/h2-8H,9-12H2,1H3,(H,22,24). The van der Waals surface area contributed by atoms with Crippen molar-refractivity contribution in [3.63, 3.8) is 0 Å². The lowest BCUT2D eigenvalue weighted by Crippen LogP contribution is -2.41. The van der Waals surface area contributed by atoms with Crippen LogP contribution in [0.2, 0.25) is 5.02 Å². The van der Waals surface area contributed by atoms with Crippen molar-refractivity contribution in [1.82, 2.24) is 5.32 Å². The molecule has 0 spiro atoms. The third-order valence-corrected chi connectivity index (χ3v) is 6.82. The van der Waals surface area contributed by atoms with E-state index in [2.05, 4.69) is 21.2 Å². The first-order valence-corrected chi connectivity index (χ1v) is 12.4. The summed E-state index contributed by atoms with van der Waals surface area (Å²) < 4.78 is 39.5. The maximum Gasteiger partial charge on any atom is 0.240 e. The number of anilines is 1. The Kier molecular flexibility index (Phi) is 8.60. The second-order valence-corrected chi connectivity index (χ2v) is 10.1. The Morgan fingerprint density at radius 2 is 1.96 bits per heavy atom. The molecule has 2 aromatic carbocycles. The number of hydrogen-bond donors (Lipinski definition) is 1. The highest BCUT2D eigenvalue weighted by molar-refractivity contribution is 9.10. The molecule has 0 aliphatic carbocycles. The lowest BCUT2D eigenvalue weighted by Gasteiger charge is -2.23. The van der Waals surface area contributed by atoms with E-state index in [-0.39, 0.29) is 12.4 Å². The van der Waals surface area contributed by atoms with Gasteiger partial charge in [0.15, 0.2) is 0 Å². The van der Waals surface area contributed by atoms with Crippen LogP contribution in [-0.4, -0.2) is 39.4 Å². The molecule has 0 aliphatic rings. The highest BCUT2D eigenvalue weighted by Crippen LogP contribution is 2.27. The zero-order valence-electron chi connectivity index (χ0n) is 15.0. The smallest absolute Gasteiger partial charge is 0.240 e. The number of amides is 1. The summed E-state index contributed by atoms with van der Waals surface area (Å²) in [6.45, 7) is -0.00557. The molecule has 152 valence electrons. The Morgan fingerprint density at radius 3 is 2.61 bits per heavy atom. The number of para-hydroxylation sites is 1. The maximum absolute atomic E-state index is 13.7. The Bertz CT molecular complexity index is 924. The van der Waals surface area contributed by atoms with Gasteiger partial charge >= 0.3 is 0 Å². The molecule has 0 fully saturated rings. The summed E-state index contributed by atoms with van der Waals surface area (Å²) in [4.78, 5) is 12.2. The van der Waals surface area contributed by atoms with Gasteiger partial charge in [-0.15, -0.1) is 0 Å². The van der Waals surface area contributed by atoms with E-state index in [1.54, 1.807) is 36.4 Å². The second-order valence-electron chi connectivity index (χ2n) is 5.82. The minimum atomic E-state index is -3.64. The molecule has 0 heterocycles. The number of benzene rings is 2. The van der Waals surface area contributed by atoms with E-state index in [4.69, 9.17) is 11.6 Å². The topological polar surface area (TPSA) is 66.5 Å². The minimum Gasteiger partial charge on any atom is -0.354 e. The maximum atomic E-state index is 13.7. The van der Waals surface area contributed by atoms with Crippen molar-refractivity contribution in [2.45, 2.75) is 5.75 Å². The average Bonchev–Trinajstić information content (AvgIpc) is 2.61. The number of halogens is 3. The third-order valence-electron chi connectivity index (χ3n) is 3.69. The summed E-state index contributed by atoms with van der Waals surface area (Å²) in [6, 6.07) is 11.3. The van der Waals surface area contributed by atoms with Gasteiger partial charge in [0.25, 0.3) is 0 Å². The molecule has 28 heavy (non-hydrogen) atoms. The van der Waals surface area contributed by atoms with Crippen LogP contribution in [0.1, 0.15) is 5.56 Å². The van der Waals surface area contributed by atoms with Crippen LogP contribution in [0.3, 0.4) is 0 Å². The molecule has 0 aliphatic heterocycles. The minimum absolute atomic E-state index is 0.323. The largest absolute Gasteiger partial charge is 0.354 e. The number of nitrogens with one attached hydrogen (secondary N) is 1. The Labute approximate surface area is 181 Å². The molecule has 0 saturated heterocycles. The summed E-state index contributed by atoms with van der Waals surface area (Å²) in [6.07, 6.45) is 1.05. The van der Waals surface area contributed by atoms with Crippen LogP contribution >= 0.6 is 39.3 Å². The van der Waals surface area contributed by atoms with Crippen molar-refractivity contribution in [1.29, 1.82) is 0 Å². The fourth-order valence-electron chi connectivity index (χ4n) is 2.33. The third kappa shape index (κ3) is 6.65. The van der Waals surface area contributed by atoms with Crippen LogP contribution < -0.4 is 9.62 Å². The van der Waals surface area contributed by atoms with Gasteiger partial charge in [0, 0.05) is 33.1 Å². The molecule has 1 amide bonds. The molecule has 0 radical (unpaired) electrons. The molecule has 2 aromatic rings. The quantitative estimate of drug-likeness (QED) is 0.518. The highest BCUT2D eigenvalue weighted by atomic mass is 79.9. The molecule has 0 aromatic heterocycles. The van der Waals surface area contributed by atoms with E-state index in [0.717, 1.165) is 10.6 Å². The Morgan fingerprint density at radius 1 is 1.25 bits per heavy atom. The number of carbonyl (C=O) groups is 1. The highest BCUT2D eigenvalue weighted by Gasteiger charge is 2.22.